The van der Waals surface area contributed by atoms with Crippen molar-refractivity contribution in [2.45, 2.75) is 24.8 Å². The predicted molar refractivity (Wildman–Crippen MR) is 55.3 cm³/mol. The Balaban J connectivity index is 2.08. The van der Waals surface area contributed by atoms with Crippen LogP contribution >= 0.6 is 0 Å². The van der Waals surface area contributed by atoms with Gasteiger partial charge in [0.05, 0.1) is 12.1 Å². The Bertz CT molecular complexity index is 399. The van der Waals surface area contributed by atoms with E-state index in [1.165, 1.54) is 18.2 Å². The van der Waals surface area contributed by atoms with Crippen molar-refractivity contribution in [1.29, 1.82) is 0 Å². The van der Waals surface area contributed by atoms with E-state index in [0.717, 1.165) is 19.3 Å². The van der Waals surface area contributed by atoms with E-state index in [4.69, 9.17) is 0 Å². The van der Waals surface area contributed by atoms with Gasteiger partial charge in [0.1, 0.15) is 5.69 Å². The Kier molecular flexibility index (Phi) is 2.87. The van der Waals surface area contributed by atoms with Crippen molar-refractivity contribution in [2.75, 3.05) is 6.61 Å². The summed E-state index contributed by atoms with van der Waals surface area (Å²) >= 11 is 0. The first-order valence-corrected chi connectivity index (χ1v) is 5.21. The van der Waals surface area contributed by atoms with Gasteiger partial charge in [0.15, 0.2) is 0 Å². The van der Waals surface area contributed by atoms with Gasteiger partial charge in [-0.15, -0.1) is 0 Å². The van der Waals surface area contributed by atoms with Crippen LogP contribution in [0.4, 0.5) is 4.39 Å². The van der Waals surface area contributed by atoms with Gasteiger partial charge in [-0.05, 0) is 31.4 Å². The lowest BCUT2D eigenvalue weighted by molar-refractivity contribution is 0.0636. The van der Waals surface area contributed by atoms with Crippen LogP contribution in [-0.4, -0.2) is 28.1 Å². The Hall–Kier alpha value is -1.49. The summed E-state index contributed by atoms with van der Waals surface area (Å²) in [4.78, 5) is 15.2. The molecule has 2 rings (SSSR count). The highest BCUT2D eigenvalue weighted by Crippen LogP contribution is 2.31. The SMILES string of the molecule is O=C(NC1(CO)CCC1)c1cccc(F)n1. The first-order valence-electron chi connectivity index (χ1n) is 5.21. The molecular formula is C11H13FN2O2. The maximum atomic E-state index is 12.8. The second-order valence-electron chi connectivity index (χ2n) is 4.09. The molecule has 0 saturated heterocycles. The molecule has 5 heteroatoms. The van der Waals surface area contributed by atoms with E-state index in [1.54, 1.807) is 0 Å². The Morgan fingerprint density at radius 1 is 1.56 bits per heavy atom. The highest BCUT2D eigenvalue weighted by molar-refractivity contribution is 5.92. The molecule has 4 nitrogen and oxygen atoms in total. The number of aliphatic hydroxyl groups excluding tert-OH is 1. The standard InChI is InChI=1S/C11H13FN2O2/c12-9-4-1-3-8(13-9)10(16)14-11(7-15)5-2-6-11/h1,3-4,15H,2,5-7H2,(H,14,16). The molecule has 0 aliphatic heterocycles. The van der Waals surface area contributed by atoms with E-state index in [-0.39, 0.29) is 12.3 Å². The van der Waals surface area contributed by atoms with Gasteiger partial charge in [0, 0.05) is 0 Å². The topological polar surface area (TPSA) is 62.2 Å². The number of carbonyl (C=O) groups is 1. The lowest BCUT2D eigenvalue weighted by atomic mass is 9.77. The van der Waals surface area contributed by atoms with Gasteiger partial charge >= 0.3 is 0 Å². The van der Waals surface area contributed by atoms with Crippen LogP contribution in [-0.2, 0) is 0 Å². The number of aliphatic hydroxyl groups is 1. The number of amides is 1. The van der Waals surface area contributed by atoms with Crippen LogP contribution in [0.2, 0.25) is 0 Å². The molecule has 0 bridgehead atoms. The molecule has 1 heterocycles. The van der Waals surface area contributed by atoms with E-state index >= 15 is 0 Å². The lowest BCUT2D eigenvalue weighted by Crippen LogP contribution is -2.56. The second-order valence-corrected chi connectivity index (χ2v) is 4.09. The zero-order chi connectivity index (χ0) is 11.6. The van der Waals surface area contributed by atoms with Crippen LogP contribution < -0.4 is 5.32 Å². The van der Waals surface area contributed by atoms with Crippen molar-refractivity contribution < 1.29 is 14.3 Å². The van der Waals surface area contributed by atoms with Gasteiger partial charge in [-0.25, -0.2) is 4.98 Å². The van der Waals surface area contributed by atoms with E-state index < -0.39 is 17.4 Å². The summed E-state index contributed by atoms with van der Waals surface area (Å²) < 4.78 is 12.8. The molecule has 1 amide bonds. The third-order valence-electron chi connectivity index (χ3n) is 2.94. The summed E-state index contributed by atoms with van der Waals surface area (Å²) in [6.07, 6.45) is 2.49. The van der Waals surface area contributed by atoms with Crippen molar-refractivity contribution in [3.05, 3.63) is 29.8 Å². The molecule has 1 aromatic heterocycles. The molecule has 0 radical (unpaired) electrons. The van der Waals surface area contributed by atoms with Crippen molar-refractivity contribution in [2.24, 2.45) is 0 Å². The van der Waals surface area contributed by atoms with E-state index in [1.807, 2.05) is 0 Å². The van der Waals surface area contributed by atoms with Gasteiger partial charge in [-0.2, -0.15) is 4.39 Å². The van der Waals surface area contributed by atoms with Crippen LogP contribution in [0.15, 0.2) is 18.2 Å². The normalized spacial score (nSPS) is 17.6. The zero-order valence-electron chi connectivity index (χ0n) is 8.74. The predicted octanol–water partition coefficient (Wildman–Crippen LogP) is 0.865. The molecule has 1 fully saturated rings. The lowest BCUT2D eigenvalue weighted by Gasteiger charge is -2.40. The summed E-state index contributed by atoms with van der Waals surface area (Å²) in [5, 5.41) is 11.9. The molecule has 1 saturated carbocycles. The Labute approximate surface area is 92.5 Å². The summed E-state index contributed by atoms with van der Waals surface area (Å²) in [6, 6.07) is 4.06. The Morgan fingerprint density at radius 2 is 2.31 bits per heavy atom. The maximum absolute atomic E-state index is 12.8. The third kappa shape index (κ3) is 2.04. The molecule has 0 spiro atoms. The summed E-state index contributed by atoms with van der Waals surface area (Å²) in [7, 11) is 0. The van der Waals surface area contributed by atoms with Gasteiger partial charge in [0.2, 0.25) is 5.95 Å². The van der Waals surface area contributed by atoms with Crippen molar-refractivity contribution in [1.82, 2.24) is 10.3 Å². The fraction of sp³-hybridized carbons (Fsp3) is 0.455. The van der Waals surface area contributed by atoms with Crippen molar-refractivity contribution >= 4 is 5.91 Å². The zero-order valence-corrected chi connectivity index (χ0v) is 8.74. The molecule has 0 unspecified atom stereocenters. The van der Waals surface area contributed by atoms with Crippen LogP contribution in [0.3, 0.4) is 0 Å². The highest BCUT2D eigenvalue weighted by atomic mass is 19.1. The summed E-state index contributed by atoms with van der Waals surface area (Å²) in [5.41, 5.74) is -0.481. The summed E-state index contributed by atoms with van der Waals surface area (Å²) in [6.45, 7) is -0.0892. The number of hydrogen-bond acceptors (Lipinski definition) is 3. The van der Waals surface area contributed by atoms with Crippen LogP contribution in [0, 0.1) is 5.95 Å². The quantitative estimate of drug-likeness (QED) is 0.749. The number of pyridine rings is 1. The number of nitrogens with zero attached hydrogens (tertiary/aromatic N) is 1. The van der Waals surface area contributed by atoms with Gasteiger partial charge in [-0.3, -0.25) is 4.79 Å². The molecule has 2 N–H and O–H groups in total. The van der Waals surface area contributed by atoms with E-state index in [9.17, 15) is 14.3 Å². The fourth-order valence-electron chi connectivity index (χ4n) is 1.77. The van der Waals surface area contributed by atoms with E-state index in [2.05, 4.69) is 10.3 Å². The van der Waals surface area contributed by atoms with Crippen LogP contribution in [0.1, 0.15) is 29.8 Å². The molecule has 16 heavy (non-hydrogen) atoms. The molecule has 0 atom stereocenters. The minimum absolute atomic E-state index is 0.0414. The van der Waals surface area contributed by atoms with Crippen LogP contribution in [0.25, 0.3) is 0 Å². The number of carbonyl (C=O) groups excluding carboxylic acids is 1. The molecular weight excluding hydrogens is 211 g/mol. The smallest absolute Gasteiger partial charge is 0.270 e. The van der Waals surface area contributed by atoms with Crippen molar-refractivity contribution in [3.8, 4) is 0 Å². The average molecular weight is 224 g/mol. The van der Waals surface area contributed by atoms with Gasteiger partial charge < -0.3 is 10.4 Å². The first-order chi connectivity index (χ1) is 7.65. The Morgan fingerprint density at radius 3 is 2.81 bits per heavy atom. The highest BCUT2D eigenvalue weighted by Gasteiger charge is 2.38. The number of nitrogens with one attached hydrogen (secondary N) is 1. The van der Waals surface area contributed by atoms with Crippen LogP contribution in [0.5, 0.6) is 0 Å². The minimum atomic E-state index is -0.681. The largest absolute Gasteiger partial charge is 0.394 e. The molecule has 86 valence electrons. The minimum Gasteiger partial charge on any atom is -0.394 e. The average Bonchev–Trinajstić information content (AvgIpc) is 2.23. The number of halogens is 1. The van der Waals surface area contributed by atoms with E-state index in [0.29, 0.717) is 0 Å². The molecule has 1 aliphatic rings. The van der Waals surface area contributed by atoms with Gasteiger partial charge in [-0.1, -0.05) is 6.07 Å². The fourth-order valence-corrected chi connectivity index (χ4v) is 1.77. The monoisotopic (exact) mass is 224 g/mol. The van der Waals surface area contributed by atoms with Gasteiger partial charge in [0.25, 0.3) is 5.91 Å². The third-order valence-corrected chi connectivity index (χ3v) is 2.94. The number of aromatic nitrogens is 1. The summed E-state index contributed by atoms with van der Waals surface area (Å²) in [5.74, 6) is -1.12. The molecule has 1 aliphatic carbocycles. The molecule has 0 aromatic carbocycles. The first kappa shape index (κ1) is 11.0. The number of rotatable bonds is 3. The van der Waals surface area contributed by atoms with Crippen molar-refractivity contribution in [3.63, 3.8) is 0 Å². The second kappa shape index (κ2) is 4.17. The maximum Gasteiger partial charge on any atom is 0.270 e. The number of hydrogen-bond donors (Lipinski definition) is 2. The molecule has 1 aromatic rings.